The van der Waals surface area contributed by atoms with Crippen LogP contribution in [0.2, 0.25) is 0 Å². The maximum atomic E-state index is 9.14. The Morgan fingerprint density at radius 3 is 3.05 bits per heavy atom. The fraction of sp³-hybridized carbons (Fsp3) is 0.375. The third-order valence-corrected chi connectivity index (χ3v) is 3.80. The summed E-state index contributed by atoms with van der Waals surface area (Å²) < 4.78 is 0. The molecule has 3 rings (SSSR count). The Balaban J connectivity index is 1.81. The van der Waals surface area contributed by atoms with E-state index in [0.717, 1.165) is 25.2 Å². The Morgan fingerprint density at radius 2 is 2.23 bits per heavy atom. The molecule has 0 amide bonds. The molecular formula is C16H18N6. The van der Waals surface area contributed by atoms with Gasteiger partial charge in [0.1, 0.15) is 6.07 Å². The summed E-state index contributed by atoms with van der Waals surface area (Å²) in [4.78, 5) is 6.70. The molecule has 6 nitrogen and oxygen atoms in total. The molecule has 2 aromatic rings. The van der Waals surface area contributed by atoms with E-state index in [1.54, 1.807) is 12.3 Å². The summed E-state index contributed by atoms with van der Waals surface area (Å²) in [6.45, 7) is 4.16. The SMILES string of the molecule is CC1CCCN(c2nncc(Nc3ccccc3C#N)n2)C1. The fourth-order valence-electron chi connectivity index (χ4n) is 2.69. The monoisotopic (exact) mass is 294 g/mol. The number of rotatable bonds is 3. The summed E-state index contributed by atoms with van der Waals surface area (Å²) in [5, 5.41) is 20.5. The van der Waals surface area contributed by atoms with Crippen molar-refractivity contribution in [3.8, 4) is 6.07 Å². The minimum Gasteiger partial charge on any atom is -0.339 e. The number of aromatic nitrogens is 3. The number of nitrogens with one attached hydrogen (secondary N) is 1. The molecule has 1 atom stereocenters. The second-order valence-corrected chi connectivity index (χ2v) is 5.62. The van der Waals surface area contributed by atoms with Gasteiger partial charge in [0.15, 0.2) is 5.82 Å². The third-order valence-electron chi connectivity index (χ3n) is 3.80. The zero-order valence-corrected chi connectivity index (χ0v) is 12.5. The lowest BCUT2D eigenvalue weighted by Crippen LogP contribution is -2.35. The highest BCUT2D eigenvalue weighted by Gasteiger charge is 2.19. The predicted octanol–water partition coefficient (Wildman–Crippen LogP) is 2.72. The van der Waals surface area contributed by atoms with Crippen molar-refractivity contribution < 1.29 is 0 Å². The second kappa shape index (κ2) is 6.39. The Labute approximate surface area is 129 Å². The van der Waals surface area contributed by atoms with Crippen LogP contribution < -0.4 is 10.2 Å². The molecule has 112 valence electrons. The minimum absolute atomic E-state index is 0.578. The van der Waals surface area contributed by atoms with Gasteiger partial charge in [0.25, 0.3) is 0 Å². The largest absolute Gasteiger partial charge is 0.339 e. The number of benzene rings is 1. The highest BCUT2D eigenvalue weighted by Crippen LogP contribution is 2.22. The average molecular weight is 294 g/mol. The quantitative estimate of drug-likeness (QED) is 0.937. The number of hydrogen-bond donors (Lipinski definition) is 1. The van der Waals surface area contributed by atoms with Crippen molar-refractivity contribution in [1.82, 2.24) is 15.2 Å². The van der Waals surface area contributed by atoms with E-state index in [9.17, 15) is 0 Å². The number of nitriles is 1. The molecule has 1 aromatic heterocycles. The molecule has 6 heteroatoms. The lowest BCUT2D eigenvalue weighted by atomic mass is 10.0. The van der Waals surface area contributed by atoms with Gasteiger partial charge < -0.3 is 10.2 Å². The molecule has 0 radical (unpaired) electrons. The van der Waals surface area contributed by atoms with Gasteiger partial charge in [0.2, 0.25) is 5.95 Å². The van der Waals surface area contributed by atoms with Gasteiger partial charge in [0, 0.05) is 13.1 Å². The second-order valence-electron chi connectivity index (χ2n) is 5.62. The summed E-state index contributed by atoms with van der Waals surface area (Å²) in [5.74, 6) is 1.89. The van der Waals surface area contributed by atoms with Crippen molar-refractivity contribution in [3.63, 3.8) is 0 Å². The van der Waals surface area contributed by atoms with Crippen LogP contribution >= 0.6 is 0 Å². The van der Waals surface area contributed by atoms with Crippen LogP contribution in [-0.4, -0.2) is 28.3 Å². The third kappa shape index (κ3) is 3.14. The van der Waals surface area contributed by atoms with Crippen molar-refractivity contribution in [2.24, 2.45) is 5.92 Å². The van der Waals surface area contributed by atoms with Gasteiger partial charge in [-0.05, 0) is 30.9 Å². The van der Waals surface area contributed by atoms with E-state index in [4.69, 9.17) is 5.26 Å². The van der Waals surface area contributed by atoms with E-state index < -0.39 is 0 Å². The van der Waals surface area contributed by atoms with Crippen LogP contribution in [-0.2, 0) is 0 Å². The highest BCUT2D eigenvalue weighted by molar-refractivity contribution is 5.64. The fourth-order valence-corrected chi connectivity index (χ4v) is 2.69. The van der Waals surface area contributed by atoms with Gasteiger partial charge >= 0.3 is 0 Å². The van der Waals surface area contributed by atoms with Crippen LogP contribution in [0.4, 0.5) is 17.5 Å². The number of hydrogen-bond acceptors (Lipinski definition) is 6. The Hall–Kier alpha value is -2.68. The number of nitrogens with zero attached hydrogens (tertiary/aromatic N) is 5. The first kappa shape index (κ1) is 14.3. The van der Waals surface area contributed by atoms with Gasteiger partial charge in [-0.25, -0.2) is 0 Å². The lowest BCUT2D eigenvalue weighted by molar-refractivity contribution is 0.441. The van der Waals surface area contributed by atoms with Gasteiger partial charge in [-0.2, -0.15) is 15.3 Å². The number of piperidine rings is 1. The van der Waals surface area contributed by atoms with Gasteiger partial charge in [-0.15, -0.1) is 5.10 Å². The number of para-hydroxylation sites is 1. The molecule has 0 bridgehead atoms. The molecule has 1 fully saturated rings. The van der Waals surface area contributed by atoms with E-state index >= 15 is 0 Å². The van der Waals surface area contributed by atoms with E-state index in [0.29, 0.717) is 23.2 Å². The van der Waals surface area contributed by atoms with E-state index in [2.05, 4.69) is 38.4 Å². The molecule has 1 saturated heterocycles. The average Bonchev–Trinajstić information content (AvgIpc) is 2.56. The highest BCUT2D eigenvalue weighted by atomic mass is 15.3. The van der Waals surface area contributed by atoms with Crippen molar-refractivity contribution in [1.29, 1.82) is 5.26 Å². The van der Waals surface area contributed by atoms with Crippen LogP contribution in [0.1, 0.15) is 25.3 Å². The molecule has 22 heavy (non-hydrogen) atoms. The maximum absolute atomic E-state index is 9.14. The Bertz CT molecular complexity index is 693. The summed E-state index contributed by atoms with van der Waals surface area (Å²) in [6.07, 6.45) is 3.97. The topological polar surface area (TPSA) is 77.7 Å². The summed E-state index contributed by atoms with van der Waals surface area (Å²) in [6, 6.07) is 9.50. The lowest BCUT2D eigenvalue weighted by Gasteiger charge is -2.30. The minimum atomic E-state index is 0.578. The van der Waals surface area contributed by atoms with Gasteiger partial charge in [0.05, 0.1) is 17.4 Å². The first-order valence-electron chi connectivity index (χ1n) is 7.47. The Morgan fingerprint density at radius 1 is 1.36 bits per heavy atom. The first-order chi connectivity index (χ1) is 10.8. The summed E-state index contributed by atoms with van der Waals surface area (Å²) in [7, 11) is 0. The van der Waals surface area contributed by atoms with Crippen LogP contribution in [0, 0.1) is 17.2 Å². The van der Waals surface area contributed by atoms with Crippen LogP contribution in [0.5, 0.6) is 0 Å². The molecule has 2 heterocycles. The van der Waals surface area contributed by atoms with Crippen molar-refractivity contribution in [2.45, 2.75) is 19.8 Å². The smallest absolute Gasteiger partial charge is 0.247 e. The predicted molar refractivity (Wildman–Crippen MR) is 84.9 cm³/mol. The normalized spacial score (nSPS) is 17.8. The zero-order chi connectivity index (χ0) is 15.4. The standard InChI is InChI=1S/C16H18N6/c1-12-5-4-8-22(11-12)16-20-15(10-18-21-16)19-14-7-3-2-6-13(14)9-17/h2-3,6-7,10,12H,4-5,8,11H2,1H3,(H,19,20,21). The molecule has 1 aliphatic rings. The molecule has 1 aliphatic heterocycles. The molecule has 0 saturated carbocycles. The van der Waals surface area contributed by atoms with Gasteiger partial charge in [-0.1, -0.05) is 19.1 Å². The van der Waals surface area contributed by atoms with Crippen molar-refractivity contribution in [2.75, 3.05) is 23.3 Å². The summed E-state index contributed by atoms with van der Waals surface area (Å²) in [5.41, 5.74) is 1.30. The van der Waals surface area contributed by atoms with E-state index in [1.165, 1.54) is 6.42 Å². The first-order valence-corrected chi connectivity index (χ1v) is 7.47. The molecule has 1 aromatic carbocycles. The van der Waals surface area contributed by atoms with Crippen LogP contribution in [0.3, 0.4) is 0 Å². The maximum Gasteiger partial charge on any atom is 0.247 e. The molecule has 0 spiro atoms. The molecule has 1 unspecified atom stereocenters. The van der Waals surface area contributed by atoms with Crippen LogP contribution in [0.25, 0.3) is 0 Å². The van der Waals surface area contributed by atoms with E-state index in [-0.39, 0.29) is 0 Å². The van der Waals surface area contributed by atoms with Crippen LogP contribution in [0.15, 0.2) is 30.5 Å². The molecular weight excluding hydrogens is 276 g/mol. The Kier molecular flexibility index (Phi) is 4.15. The van der Waals surface area contributed by atoms with E-state index in [1.807, 2.05) is 18.2 Å². The van der Waals surface area contributed by atoms with Gasteiger partial charge in [-0.3, -0.25) is 0 Å². The zero-order valence-electron chi connectivity index (χ0n) is 12.5. The molecule has 0 aliphatic carbocycles. The van der Waals surface area contributed by atoms with Crippen molar-refractivity contribution >= 4 is 17.5 Å². The number of anilines is 3. The van der Waals surface area contributed by atoms with Crippen molar-refractivity contribution in [3.05, 3.63) is 36.0 Å². The molecule has 1 N–H and O–H groups in total. The summed E-state index contributed by atoms with van der Waals surface area (Å²) >= 11 is 0.